The monoisotopic (exact) mass is 549 g/mol. The minimum atomic E-state index is 0. The van der Waals surface area contributed by atoms with Gasteiger partial charge in [0.1, 0.15) is 6.54 Å². The Morgan fingerprint density at radius 3 is 1.73 bits per heavy atom. The van der Waals surface area contributed by atoms with Crippen molar-refractivity contribution in [3.05, 3.63) is 128 Å². The van der Waals surface area contributed by atoms with Crippen molar-refractivity contribution in [3.63, 3.8) is 0 Å². The van der Waals surface area contributed by atoms with Gasteiger partial charge in [-0.1, -0.05) is 42.5 Å². The zero-order chi connectivity index (χ0) is 24.2. The van der Waals surface area contributed by atoms with Gasteiger partial charge in [-0.15, -0.1) is 0 Å². The van der Waals surface area contributed by atoms with Crippen LogP contribution in [0.3, 0.4) is 0 Å². The highest BCUT2D eigenvalue weighted by molar-refractivity contribution is 5.97. The van der Waals surface area contributed by atoms with Gasteiger partial charge in [0, 0.05) is 42.9 Å². The topological polar surface area (TPSA) is 24.5 Å². The van der Waals surface area contributed by atoms with Gasteiger partial charge in [-0.3, -0.25) is 0 Å². The molecule has 0 fully saturated rings. The van der Waals surface area contributed by atoms with Crippen LogP contribution in [-0.4, -0.2) is 6.54 Å². The number of aryl methyl sites for hydroxylation is 1. The van der Waals surface area contributed by atoms with Crippen LogP contribution >= 0.6 is 0 Å². The summed E-state index contributed by atoms with van der Waals surface area (Å²) < 4.78 is 2.29. The number of fused-ring (bicyclic) bond motifs is 2. The number of aromatic amines is 1. The van der Waals surface area contributed by atoms with Crippen LogP contribution in [0, 0.1) is 0 Å². The number of hydrogen-bond donors (Lipinski definition) is 0. The van der Waals surface area contributed by atoms with E-state index in [1.165, 1.54) is 39.6 Å². The largest absolute Gasteiger partial charge is 1.00 e. The summed E-state index contributed by atoms with van der Waals surface area (Å²) in [5.74, 6) is 0. The summed E-state index contributed by atoms with van der Waals surface area (Å²) in [4.78, 5) is 7.96. The SMILES string of the molecule is [Br-].c1ccc(N2c3ccccc3N(CCCC[n+]3ccc(-c4cc[nH+]cc4)cc3)c3ccccc32)cc1. The molecule has 0 aliphatic carbocycles. The third-order valence-corrected chi connectivity index (χ3v) is 6.83. The Hall–Kier alpha value is -3.96. The summed E-state index contributed by atoms with van der Waals surface area (Å²) in [7, 11) is 0. The van der Waals surface area contributed by atoms with Crippen molar-refractivity contribution in [1.29, 1.82) is 0 Å². The summed E-state index contributed by atoms with van der Waals surface area (Å²) in [5.41, 5.74) is 8.63. The second kappa shape index (κ2) is 11.4. The summed E-state index contributed by atoms with van der Waals surface area (Å²) in [5, 5.41) is 0. The zero-order valence-corrected chi connectivity index (χ0v) is 22.3. The number of H-pyrrole nitrogens is 1. The molecule has 37 heavy (non-hydrogen) atoms. The molecule has 6 rings (SSSR count). The molecule has 0 spiro atoms. The molecule has 0 radical (unpaired) electrons. The molecule has 184 valence electrons. The van der Waals surface area contributed by atoms with Gasteiger partial charge in [0.25, 0.3) is 0 Å². The van der Waals surface area contributed by atoms with E-state index < -0.39 is 0 Å². The average Bonchev–Trinajstić information content (AvgIpc) is 2.96. The minimum absolute atomic E-state index is 0. The number of rotatable bonds is 7. The molecule has 1 N–H and O–H groups in total. The maximum atomic E-state index is 3.09. The van der Waals surface area contributed by atoms with E-state index >= 15 is 0 Å². The van der Waals surface area contributed by atoms with E-state index in [1.807, 2.05) is 12.4 Å². The summed E-state index contributed by atoms with van der Waals surface area (Å²) in [6.07, 6.45) is 10.5. The maximum absolute atomic E-state index is 3.09. The maximum Gasteiger partial charge on any atom is 0.169 e. The number of aromatic nitrogens is 2. The highest BCUT2D eigenvalue weighted by Crippen LogP contribution is 2.50. The number of pyridine rings is 2. The first-order chi connectivity index (χ1) is 17.9. The van der Waals surface area contributed by atoms with Crippen molar-refractivity contribution in [2.75, 3.05) is 16.3 Å². The van der Waals surface area contributed by atoms with Gasteiger partial charge in [-0.2, -0.15) is 0 Å². The molecule has 0 bridgehead atoms. The van der Waals surface area contributed by atoms with Gasteiger partial charge >= 0.3 is 0 Å². The van der Waals surface area contributed by atoms with Crippen molar-refractivity contribution in [1.82, 2.24) is 0 Å². The van der Waals surface area contributed by atoms with E-state index in [0.29, 0.717) is 0 Å². The van der Waals surface area contributed by atoms with Crippen LogP contribution in [-0.2, 0) is 6.54 Å². The molecule has 0 saturated carbocycles. The predicted molar refractivity (Wildman–Crippen MR) is 146 cm³/mol. The number of anilines is 5. The van der Waals surface area contributed by atoms with Crippen LogP contribution in [0.4, 0.5) is 28.4 Å². The molecule has 5 heteroatoms. The van der Waals surface area contributed by atoms with Crippen molar-refractivity contribution in [2.45, 2.75) is 19.4 Å². The number of nitrogens with zero attached hydrogens (tertiary/aromatic N) is 3. The third-order valence-electron chi connectivity index (χ3n) is 6.83. The average molecular weight is 551 g/mol. The molecule has 0 atom stereocenters. The minimum Gasteiger partial charge on any atom is -1.00 e. The lowest BCUT2D eigenvalue weighted by Crippen LogP contribution is -3.00. The second-order valence-corrected chi connectivity index (χ2v) is 9.12. The Balaban J connectivity index is 0.00000280. The Morgan fingerprint density at radius 2 is 1.11 bits per heavy atom. The van der Waals surface area contributed by atoms with Crippen molar-refractivity contribution in [3.8, 4) is 11.1 Å². The predicted octanol–water partition coefficient (Wildman–Crippen LogP) is 3.86. The fourth-order valence-corrected chi connectivity index (χ4v) is 5.06. The van der Waals surface area contributed by atoms with E-state index in [2.05, 4.69) is 135 Å². The first-order valence-corrected chi connectivity index (χ1v) is 12.6. The molecule has 1 aliphatic heterocycles. The number of benzene rings is 3. The first kappa shape index (κ1) is 24.7. The molecular formula is C32H30BrN4+. The quantitative estimate of drug-likeness (QED) is 0.227. The number of para-hydroxylation sites is 5. The number of halogens is 1. The van der Waals surface area contributed by atoms with E-state index in [-0.39, 0.29) is 17.0 Å². The van der Waals surface area contributed by atoms with Crippen molar-refractivity contribution in [2.24, 2.45) is 0 Å². The molecule has 0 saturated heterocycles. The van der Waals surface area contributed by atoms with E-state index in [1.54, 1.807) is 0 Å². The lowest BCUT2D eigenvalue weighted by atomic mass is 10.1. The van der Waals surface area contributed by atoms with Crippen LogP contribution in [0.25, 0.3) is 11.1 Å². The molecule has 2 aromatic heterocycles. The molecule has 3 heterocycles. The second-order valence-electron chi connectivity index (χ2n) is 9.12. The number of nitrogens with one attached hydrogen (secondary N) is 1. The number of hydrogen-bond acceptors (Lipinski definition) is 2. The molecule has 1 aliphatic rings. The van der Waals surface area contributed by atoms with Crippen molar-refractivity contribution < 1.29 is 26.5 Å². The van der Waals surface area contributed by atoms with E-state index in [9.17, 15) is 0 Å². The lowest BCUT2D eigenvalue weighted by Gasteiger charge is -2.40. The Morgan fingerprint density at radius 1 is 0.568 bits per heavy atom. The highest BCUT2D eigenvalue weighted by atomic mass is 79.9. The molecule has 3 aromatic carbocycles. The summed E-state index contributed by atoms with van der Waals surface area (Å²) in [6.45, 7) is 1.99. The third kappa shape index (κ3) is 5.13. The van der Waals surface area contributed by atoms with Gasteiger partial charge in [0.05, 0.1) is 22.7 Å². The smallest absolute Gasteiger partial charge is 0.169 e. The molecule has 4 nitrogen and oxygen atoms in total. The van der Waals surface area contributed by atoms with E-state index in [0.717, 1.165) is 25.9 Å². The summed E-state index contributed by atoms with van der Waals surface area (Å²) >= 11 is 0. The Labute approximate surface area is 229 Å². The molecule has 0 unspecified atom stereocenters. The fraction of sp³-hybridized carbons (Fsp3) is 0.125. The van der Waals surface area contributed by atoms with Gasteiger partial charge < -0.3 is 26.8 Å². The Bertz CT molecular complexity index is 1390. The molecule has 5 aromatic rings. The van der Waals surface area contributed by atoms with Crippen LogP contribution < -0.4 is 36.3 Å². The van der Waals surface area contributed by atoms with Gasteiger partial charge in [0.15, 0.2) is 24.8 Å². The zero-order valence-electron chi connectivity index (χ0n) is 20.7. The summed E-state index contributed by atoms with van der Waals surface area (Å²) in [6, 6.07) is 36.8. The highest BCUT2D eigenvalue weighted by Gasteiger charge is 2.28. The van der Waals surface area contributed by atoms with E-state index in [4.69, 9.17) is 0 Å². The fourth-order valence-electron chi connectivity index (χ4n) is 5.06. The standard InChI is InChI=1S/C32H29N4.BrH/c1-2-10-28(11-3-1)36-31-14-6-4-12-29(31)35(30-13-5-7-15-32(30)36)23-9-8-22-34-24-18-27(19-25-34)26-16-20-33-21-17-26;/h1-7,10-21,24-25H,8-9,22-23H2;1H/q+1;. The van der Waals surface area contributed by atoms with Crippen LogP contribution in [0.5, 0.6) is 0 Å². The normalized spacial score (nSPS) is 11.9. The van der Waals surface area contributed by atoms with Gasteiger partial charge in [0.2, 0.25) is 0 Å². The van der Waals surface area contributed by atoms with Crippen molar-refractivity contribution >= 4 is 28.4 Å². The van der Waals surface area contributed by atoms with Crippen LogP contribution in [0.2, 0.25) is 0 Å². The lowest BCUT2D eigenvalue weighted by molar-refractivity contribution is -0.697. The van der Waals surface area contributed by atoms with Crippen LogP contribution in [0.1, 0.15) is 12.8 Å². The van der Waals surface area contributed by atoms with Gasteiger partial charge in [-0.05, 0) is 53.9 Å². The molecule has 0 amide bonds. The molecular weight excluding hydrogens is 520 g/mol. The van der Waals surface area contributed by atoms with Gasteiger partial charge in [-0.25, -0.2) is 9.55 Å². The first-order valence-electron chi connectivity index (χ1n) is 12.6. The number of unbranched alkanes of at least 4 members (excludes halogenated alkanes) is 1. The van der Waals surface area contributed by atoms with Crippen LogP contribution in [0.15, 0.2) is 128 Å². The Kier molecular flexibility index (Phi) is 7.62.